The summed E-state index contributed by atoms with van der Waals surface area (Å²) in [5, 5.41) is 18.5. The van der Waals surface area contributed by atoms with Crippen molar-refractivity contribution in [2.45, 2.75) is 6.54 Å². The number of halogens is 2. The van der Waals surface area contributed by atoms with Crippen LogP contribution in [0.25, 0.3) is 0 Å². The van der Waals surface area contributed by atoms with E-state index in [-0.39, 0.29) is 12.2 Å². The van der Waals surface area contributed by atoms with Crippen molar-refractivity contribution < 1.29 is 13.7 Å². The Morgan fingerprint density at radius 1 is 1.44 bits per heavy atom. The van der Waals surface area contributed by atoms with Crippen LogP contribution < -0.4 is 5.32 Å². The highest BCUT2D eigenvalue weighted by Gasteiger charge is 2.20. The molecule has 6 nitrogen and oxygen atoms in total. The molecule has 9 heteroatoms. The number of nitrogens with one attached hydrogen (secondary N) is 1. The van der Waals surface area contributed by atoms with E-state index < -0.39 is 22.2 Å². The maximum Gasteiger partial charge on any atom is 0.298 e. The second-order valence-corrected chi connectivity index (χ2v) is 3.90. The second kappa shape index (κ2) is 5.00. The van der Waals surface area contributed by atoms with Gasteiger partial charge < -0.3 is 5.32 Å². The van der Waals surface area contributed by atoms with E-state index in [9.17, 15) is 18.9 Å². The molecule has 1 aromatic carbocycles. The van der Waals surface area contributed by atoms with Crippen LogP contribution in [-0.4, -0.2) is 14.5 Å². The van der Waals surface area contributed by atoms with E-state index in [4.69, 9.17) is 0 Å². The Morgan fingerprint density at radius 3 is 2.83 bits per heavy atom. The topological polar surface area (TPSA) is 81.0 Å². The van der Waals surface area contributed by atoms with Crippen molar-refractivity contribution >= 4 is 22.9 Å². The van der Waals surface area contributed by atoms with Crippen LogP contribution in [0.4, 0.5) is 20.2 Å². The van der Waals surface area contributed by atoms with Gasteiger partial charge in [-0.15, -0.1) is 5.10 Å². The average molecular weight is 272 g/mol. The fraction of sp³-hybridized carbons (Fsp3) is 0.111. The summed E-state index contributed by atoms with van der Waals surface area (Å²) in [7, 11) is 0. The minimum atomic E-state index is -1.02. The highest BCUT2D eigenvalue weighted by atomic mass is 32.1. The number of rotatable bonds is 4. The maximum atomic E-state index is 13.5. The molecule has 2 aromatic rings. The maximum absolute atomic E-state index is 13.5. The number of hydrogen-bond acceptors (Lipinski definition) is 6. The van der Waals surface area contributed by atoms with Gasteiger partial charge in [-0.1, -0.05) is 4.49 Å². The summed E-state index contributed by atoms with van der Waals surface area (Å²) in [5.41, 5.74) is -0.511. The summed E-state index contributed by atoms with van der Waals surface area (Å²) in [6.45, 7) is 0.0693. The van der Waals surface area contributed by atoms with Crippen molar-refractivity contribution in [2.75, 3.05) is 5.32 Å². The summed E-state index contributed by atoms with van der Waals surface area (Å²) in [4.78, 5) is 9.84. The monoisotopic (exact) mass is 272 g/mol. The highest BCUT2D eigenvalue weighted by molar-refractivity contribution is 7.03. The van der Waals surface area contributed by atoms with Crippen LogP contribution in [0.15, 0.2) is 17.5 Å². The largest absolute Gasteiger partial charge is 0.371 e. The molecule has 1 aromatic heterocycles. The summed E-state index contributed by atoms with van der Waals surface area (Å²) in [6, 6.07) is 1.24. The van der Waals surface area contributed by atoms with Crippen LogP contribution in [-0.2, 0) is 6.54 Å². The molecule has 0 atom stereocenters. The van der Waals surface area contributed by atoms with E-state index in [1.54, 1.807) is 5.38 Å². The standard InChI is InChI=1S/C9H6F2N4O2S/c10-5-1-7(11)9(8(2-5)15(16)17)12-3-6-4-18-14-13-6/h1-2,4,12H,3H2. The molecule has 1 N–H and O–H groups in total. The SMILES string of the molecule is O=[N+]([O-])c1cc(F)cc(F)c1NCc1csnn1. The molecule has 0 aliphatic carbocycles. The summed E-state index contributed by atoms with van der Waals surface area (Å²) in [6.07, 6.45) is 0. The van der Waals surface area contributed by atoms with Crippen LogP contribution in [0.5, 0.6) is 0 Å². The molecule has 0 fully saturated rings. The van der Waals surface area contributed by atoms with Gasteiger partial charge in [0.15, 0.2) is 5.82 Å². The number of nitro groups is 1. The molecule has 0 amide bonds. The highest BCUT2D eigenvalue weighted by Crippen LogP contribution is 2.28. The number of aromatic nitrogens is 2. The predicted molar refractivity (Wildman–Crippen MR) is 60.2 cm³/mol. The quantitative estimate of drug-likeness (QED) is 0.682. The minimum Gasteiger partial charge on any atom is -0.371 e. The first-order chi connectivity index (χ1) is 8.58. The molecule has 18 heavy (non-hydrogen) atoms. The van der Waals surface area contributed by atoms with Crippen molar-refractivity contribution in [3.05, 3.63) is 45.0 Å². The van der Waals surface area contributed by atoms with Gasteiger partial charge in [0.2, 0.25) is 0 Å². The number of benzene rings is 1. The smallest absolute Gasteiger partial charge is 0.298 e. The van der Waals surface area contributed by atoms with Gasteiger partial charge in [0, 0.05) is 11.4 Å². The molecule has 94 valence electrons. The van der Waals surface area contributed by atoms with Crippen molar-refractivity contribution in [3.63, 3.8) is 0 Å². The zero-order valence-corrected chi connectivity index (χ0v) is 9.58. The molecule has 0 aliphatic rings. The lowest BCUT2D eigenvalue weighted by atomic mass is 10.2. The molecule has 1 heterocycles. The molecular formula is C9H6F2N4O2S. The first kappa shape index (κ1) is 12.3. The Bertz CT molecular complexity index is 576. The van der Waals surface area contributed by atoms with Gasteiger partial charge in [-0.25, -0.2) is 8.78 Å². The van der Waals surface area contributed by atoms with Crippen LogP contribution in [0.2, 0.25) is 0 Å². The number of anilines is 1. The number of nitro benzene ring substituents is 1. The normalized spacial score (nSPS) is 10.3. The molecule has 0 bridgehead atoms. The van der Waals surface area contributed by atoms with E-state index in [0.717, 1.165) is 11.5 Å². The first-order valence-electron chi connectivity index (χ1n) is 4.71. The molecular weight excluding hydrogens is 266 g/mol. The van der Waals surface area contributed by atoms with Gasteiger partial charge >= 0.3 is 0 Å². The fourth-order valence-electron chi connectivity index (χ4n) is 1.32. The van der Waals surface area contributed by atoms with Gasteiger partial charge in [-0.2, -0.15) is 0 Å². The number of hydrogen-bond donors (Lipinski definition) is 1. The lowest BCUT2D eigenvalue weighted by Gasteiger charge is -2.06. The third-order valence-corrected chi connectivity index (χ3v) is 2.64. The Balaban J connectivity index is 2.28. The first-order valence-corrected chi connectivity index (χ1v) is 5.55. The number of nitrogens with zero attached hydrogens (tertiary/aromatic N) is 3. The second-order valence-electron chi connectivity index (χ2n) is 3.29. The van der Waals surface area contributed by atoms with Crippen molar-refractivity contribution in [1.29, 1.82) is 0 Å². The van der Waals surface area contributed by atoms with Crippen molar-refractivity contribution in [2.24, 2.45) is 0 Å². The van der Waals surface area contributed by atoms with Crippen LogP contribution >= 0.6 is 11.5 Å². The lowest BCUT2D eigenvalue weighted by molar-refractivity contribution is -0.384. The predicted octanol–water partition coefficient (Wildman–Crippen LogP) is 2.34. The van der Waals surface area contributed by atoms with Crippen molar-refractivity contribution in [1.82, 2.24) is 9.59 Å². The molecule has 0 aliphatic heterocycles. The fourth-order valence-corrected chi connectivity index (χ4v) is 1.77. The molecule has 2 rings (SSSR count). The van der Waals surface area contributed by atoms with Gasteiger partial charge in [-0.05, 0) is 11.5 Å². The summed E-state index contributed by atoms with van der Waals surface area (Å²) in [5.74, 6) is -2.02. The molecule has 0 unspecified atom stereocenters. The molecule has 0 saturated carbocycles. The van der Waals surface area contributed by atoms with Gasteiger partial charge in [0.05, 0.1) is 23.2 Å². The Labute approximate surface area is 104 Å². The lowest BCUT2D eigenvalue weighted by Crippen LogP contribution is -2.06. The zero-order valence-electron chi connectivity index (χ0n) is 8.76. The minimum absolute atomic E-state index is 0.0693. The van der Waals surface area contributed by atoms with E-state index >= 15 is 0 Å². The molecule has 0 spiro atoms. The van der Waals surface area contributed by atoms with E-state index in [1.165, 1.54) is 0 Å². The Morgan fingerprint density at radius 2 is 2.22 bits per heavy atom. The van der Waals surface area contributed by atoms with Gasteiger partial charge in [0.1, 0.15) is 11.5 Å². The summed E-state index contributed by atoms with van der Waals surface area (Å²) < 4.78 is 29.9. The average Bonchev–Trinajstić information content (AvgIpc) is 2.79. The van der Waals surface area contributed by atoms with E-state index in [0.29, 0.717) is 17.8 Å². The van der Waals surface area contributed by atoms with Gasteiger partial charge in [-0.3, -0.25) is 10.1 Å². The van der Waals surface area contributed by atoms with Crippen LogP contribution in [0, 0.1) is 21.7 Å². The Kier molecular flexibility index (Phi) is 3.42. The zero-order chi connectivity index (χ0) is 13.1. The van der Waals surface area contributed by atoms with Gasteiger partial charge in [0.25, 0.3) is 5.69 Å². The van der Waals surface area contributed by atoms with E-state index in [1.807, 2.05) is 0 Å². The van der Waals surface area contributed by atoms with Crippen LogP contribution in [0.3, 0.4) is 0 Å². The van der Waals surface area contributed by atoms with Crippen LogP contribution in [0.1, 0.15) is 5.69 Å². The summed E-state index contributed by atoms with van der Waals surface area (Å²) >= 11 is 1.10. The molecule has 0 saturated heterocycles. The van der Waals surface area contributed by atoms with Crippen molar-refractivity contribution in [3.8, 4) is 0 Å². The van der Waals surface area contributed by atoms with E-state index in [2.05, 4.69) is 14.9 Å². The third kappa shape index (κ3) is 2.56. The molecule has 0 radical (unpaired) electrons. The third-order valence-electron chi connectivity index (χ3n) is 2.08. The Hall–Kier alpha value is -2.16.